The molecule has 0 saturated heterocycles. The number of pyridine rings is 1. The molecule has 0 aliphatic heterocycles. The Labute approximate surface area is 128 Å². The minimum atomic E-state index is -4.35. The molecule has 0 unspecified atom stereocenters. The van der Waals surface area contributed by atoms with Crippen molar-refractivity contribution in [2.45, 2.75) is 12.7 Å². The van der Waals surface area contributed by atoms with Gasteiger partial charge in [0.2, 0.25) is 5.88 Å². The van der Waals surface area contributed by atoms with Crippen LogP contribution < -0.4 is 10.1 Å². The maximum atomic E-state index is 12.6. The van der Waals surface area contributed by atoms with Crippen molar-refractivity contribution in [2.75, 3.05) is 12.4 Å². The zero-order valence-electron chi connectivity index (χ0n) is 11.0. The van der Waals surface area contributed by atoms with Gasteiger partial charge in [-0.3, -0.25) is 0 Å². The van der Waals surface area contributed by atoms with E-state index in [1.807, 2.05) is 6.07 Å². The summed E-state index contributed by atoms with van der Waals surface area (Å²) in [5.74, 6) is 0.480. The lowest BCUT2D eigenvalue weighted by atomic mass is 10.2. The van der Waals surface area contributed by atoms with Gasteiger partial charge in [-0.05, 0) is 40.2 Å². The molecule has 3 nitrogen and oxygen atoms in total. The SMILES string of the molecule is COc1ncccc1CNc1ccc(C(F)(F)F)cc1Br. The number of nitrogens with zero attached hydrogens (tertiary/aromatic N) is 1. The summed E-state index contributed by atoms with van der Waals surface area (Å²) in [5.41, 5.74) is 0.680. The summed E-state index contributed by atoms with van der Waals surface area (Å²) in [4.78, 5) is 4.06. The highest BCUT2D eigenvalue weighted by Crippen LogP contribution is 2.34. The summed E-state index contributed by atoms with van der Waals surface area (Å²) in [7, 11) is 1.51. The Morgan fingerprint density at radius 2 is 2.05 bits per heavy atom. The van der Waals surface area contributed by atoms with Crippen LogP contribution in [0.5, 0.6) is 5.88 Å². The minimum absolute atomic E-state index is 0.347. The predicted octanol–water partition coefficient (Wildman–Crippen LogP) is 4.48. The summed E-state index contributed by atoms with van der Waals surface area (Å²) in [5, 5.41) is 3.05. The number of alkyl halides is 3. The molecular weight excluding hydrogens is 349 g/mol. The van der Waals surface area contributed by atoms with Crippen LogP contribution in [0.25, 0.3) is 0 Å². The van der Waals surface area contributed by atoms with E-state index in [0.717, 1.165) is 17.7 Å². The highest BCUT2D eigenvalue weighted by Gasteiger charge is 2.30. The van der Waals surface area contributed by atoms with E-state index in [0.29, 0.717) is 22.6 Å². The summed E-state index contributed by atoms with van der Waals surface area (Å²) in [6.45, 7) is 0.390. The van der Waals surface area contributed by atoms with Crippen LogP contribution >= 0.6 is 15.9 Å². The fourth-order valence-corrected chi connectivity index (χ4v) is 2.29. The molecule has 0 amide bonds. The van der Waals surface area contributed by atoms with Gasteiger partial charge in [0, 0.05) is 28.5 Å². The van der Waals surface area contributed by atoms with Crippen molar-refractivity contribution >= 4 is 21.6 Å². The highest BCUT2D eigenvalue weighted by atomic mass is 79.9. The Hall–Kier alpha value is -1.76. The summed E-state index contributed by atoms with van der Waals surface area (Å²) in [6.07, 6.45) is -2.75. The molecule has 2 aromatic rings. The molecule has 0 atom stereocenters. The first-order valence-corrected chi connectivity index (χ1v) is 6.79. The van der Waals surface area contributed by atoms with Gasteiger partial charge in [-0.2, -0.15) is 13.2 Å². The van der Waals surface area contributed by atoms with Gasteiger partial charge in [-0.1, -0.05) is 6.07 Å². The molecule has 0 saturated carbocycles. The highest BCUT2D eigenvalue weighted by molar-refractivity contribution is 9.10. The molecule has 1 aromatic carbocycles. The number of benzene rings is 1. The number of anilines is 1. The summed E-state index contributed by atoms with van der Waals surface area (Å²) < 4.78 is 43.2. The van der Waals surface area contributed by atoms with Crippen LogP contribution in [0, 0.1) is 0 Å². The van der Waals surface area contributed by atoms with Gasteiger partial charge < -0.3 is 10.1 Å². The Kier molecular flexibility index (Phi) is 4.72. The van der Waals surface area contributed by atoms with Crippen molar-refractivity contribution in [3.63, 3.8) is 0 Å². The molecule has 0 bridgehead atoms. The quantitative estimate of drug-likeness (QED) is 0.872. The zero-order valence-corrected chi connectivity index (χ0v) is 12.6. The van der Waals surface area contributed by atoms with Gasteiger partial charge in [0.25, 0.3) is 0 Å². The van der Waals surface area contributed by atoms with Gasteiger partial charge >= 0.3 is 6.18 Å². The third kappa shape index (κ3) is 3.87. The number of aromatic nitrogens is 1. The van der Waals surface area contributed by atoms with Crippen molar-refractivity contribution in [3.8, 4) is 5.88 Å². The summed E-state index contributed by atoms with van der Waals surface area (Å²) >= 11 is 3.14. The van der Waals surface area contributed by atoms with E-state index in [1.165, 1.54) is 13.2 Å². The maximum Gasteiger partial charge on any atom is 0.416 e. The van der Waals surface area contributed by atoms with Gasteiger partial charge in [0.1, 0.15) is 0 Å². The summed E-state index contributed by atoms with van der Waals surface area (Å²) in [6, 6.07) is 7.06. The fraction of sp³-hybridized carbons (Fsp3) is 0.214. The first-order valence-electron chi connectivity index (χ1n) is 6.00. The first kappa shape index (κ1) is 15.6. The molecule has 0 aliphatic carbocycles. The average molecular weight is 361 g/mol. The van der Waals surface area contributed by atoms with E-state index in [2.05, 4.69) is 26.2 Å². The normalized spacial score (nSPS) is 11.3. The number of hydrogen-bond acceptors (Lipinski definition) is 3. The Bertz CT molecular complexity index is 632. The van der Waals surface area contributed by atoms with Gasteiger partial charge in [-0.25, -0.2) is 4.98 Å². The third-order valence-electron chi connectivity index (χ3n) is 2.81. The van der Waals surface area contributed by atoms with Gasteiger partial charge in [0.15, 0.2) is 0 Å². The van der Waals surface area contributed by atoms with Crippen molar-refractivity contribution in [2.24, 2.45) is 0 Å². The van der Waals surface area contributed by atoms with Crippen LogP contribution in [0.3, 0.4) is 0 Å². The van der Waals surface area contributed by atoms with Gasteiger partial charge in [0.05, 0.1) is 12.7 Å². The molecule has 0 radical (unpaired) electrons. The molecule has 7 heteroatoms. The average Bonchev–Trinajstić information content (AvgIpc) is 2.45. The number of nitrogens with one attached hydrogen (secondary N) is 1. The monoisotopic (exact) mass is 360 g/mol. The molecule has 21 heavy (non-hydrogen) atoms. The van der Waals surface area contributed by atoms with E-state index in [4.69, 9.17) is 4.74 Å². The number of ether oxygens (including phenoxy) is 1. The van der Waals surface area contributed by atoms with E-state index in [1.54, 1.807) is 12.3 Å². The second-order valence-corrected chi connectivity index (χ2v) is 5.07. The molecule has 0 aliphatic rings. The van der Waals surface area contributed by atoms with Crippen LogP contribution in [0.4, 0.5) is 18.9 Å². The van der Waals surface area contributed by atoms with Crippen molar-refractivity contribution in [3.05, 3.63) is 52.1 Å². The van der Waals surface area contributed by atoms with Crippen molar-refractivity contribution < 1.29 is 17.9 Å². The van der Waals surface area contributed by atoms with Crippen molar-refractivity contribution in [1.82, 2.24) is 4.98 Å². The first-order chi connectivity index (χ1) is 9.91. The van der Waals surface area contributed by atoms with Crippen LogP contribution in [0.2, 0.25) is 0 Å². The maximum absolute atomic E-state index is 12.6. The third-order valence-corrected chi connectivity index (χ3v) is 3.47. The van der Waals surface area contributed by atoms with Crippen molar-refractivity contribution in [1.29, 1.82) is 0 Å². The Morgan fingerprint density at radius 1 is 1.29 bits per heavy atom. The Balaban J connectivity index is 2.14. The molecule has 0 spiro atoms. The van der Waals surface area contributed by atoms with E-state index in [-0.39, 0.29) is 0 Å². The van der Waals surface area contributed by atoms with Crippen LogP contribution in [0.1, 0.15) is 11.1 Å². The molecule has 0 fully saturated rings. The molecule has 112 valence electrons. The van der Waals surface area contributed by atoms with E-state index in [9.17, 15) is 13.2 Å². The lowest BCUT2D eigenvalue weighted by molar-refractivity contribution is -0.137. The number of hydrogen-bond donors (Lipinski definition) is 1. The number of rotatable bonds is 4. The molecule has 2 rings (SSSR count). The molecule has 1 aromatic heterocycles. The van der Waals surface area contributed by atoms with Gasteiger partial charge in [-0.15, -0.1) is 0 Å². The van der Waals surface area contributed by atoms with E-state index >= 15 is 0 Å². The smallest absolute Gasteiger partial charge is 0.416 e. The second kappa shape index (κ2) is 6.34. The van der Waals surface area contributed by atoms with E-state index < -0.39 is 11.7 Å². The fourth-order valence-electron chi connectivity index (χ4n) is 1.77. The lowest BCUT2D eigenvalue weighted by Crippen LogP contribution is -2.07. The predicted molar refractivity (Wildman–Crippen MR) is 77.3 cm³/mol. The lowest BCUT2D eigenvalue weighted by Gasteiger charge is -2.13. The Morgan fingerprint density at radius 3 is 2.67 bits per heavy atom. The molecular formula is C14H12BrF3N2O. The number of halogens is 4. The molecule has 1 N–H and O–H groups in total. The topological polar surface area (TPSA) is 34.1 Å². The standard InChI is InChI=1S/C14H12BrF3N2O/c1-21-13-9(3-2-6-19-13)8-20-12-5-4-10(7-11(12)15)14(16,17)18/h2-7,20H,8H2,1H3. The van der Waals surface area contributed by atoms with Crippen LogP contribution in [-0.4, -0.2) is 12.1 Å². The van der Waals surface area contributed by atoms with Crippen LogP contribution in [-0.2, 0) is 12.7 Å². The zero-order chi connectivity index (χ0) is 15.5. The molecule has 1 heterocycles. The largest absolute Gasteiger partial charge is 0.481 e. The van der Waals surface area contributed by atoms with Crippen LogP contribution in [0.15, 0.2) is 41.0 Å². The minimum Gasteiger partial charge on any atom is -0.481 e. The number of methoxy groups -OCH3 is 1. The second-order valence-electron chi connectivity index (χ2n) is 4.22.